The Balaban J connectivity index is 1.80. The maximum atomic E-state index is 14.4. The van der Waals surface area contributed by atoms with Crippen LogP contribution in [0.2, 0.25) is 0 Å². The van der Waals surface area contributed by atoms with E-state index in [1.165, 1.54) is 4.90 Å². The number of halogens is 1. The average Bonchev–Trinajstić information content (AvgIpc) is 2.99. The Hall–Kier alpha value is -3.95. The molecule has 0 aliphatic carbocycles. The summed E-state index contributed by atoms with van der Waals surface area (Å²) in [6, 6.07) is 29.8. The van der Waals surface area contributed by atoms with E-state index < -0.39 is 28.5 Å². The third-order valence-corrected chi connectivity index (χ3v) is 9.40. The maximum Gasteiger partial charge on any atom is 0.264 e. The van der Waals surface area contributed by atoms with Gasteiger partial charge < -0.3 is 10.2 Å². The summed E-state index contributed by atoms with van der Waals surface area (Å²) >= 11 is 3.50. The van der Waals surface area contributed by atoms with E-state index in [0.717, 1.165) is 25.5 Å². The summed E-state index contributed by atoms with van der Waals surface area (Å²) in [4.78, 5) is 29.6. The van der Waals surface area contributed by atoms with Crippen LogP contribution in [-0.4, -0.2) is 44.3 Å². The number of para-hydroxylation sites is 1. The van der Waals surface area contributed by atoms with Gasteiger partial charge >= 0.3 is 0 Å². The molecular formula is C34H36BrN3O4S. The van der Waals surface area contributed by atoms with E-state index in [1.807, 2.05) is 87.5 Å². The quantitative estimate of drug-likeness (QED) is 0.201. The zero-order chi connectivity index (χ0) is 31.0. The highest BCUT2D eigenvalue weighted by atomic mass is 79.9. The molecule has 0 aliphatic rings. The summed E-state index contributed by atoms with van der Waals surface area (Å²) in [6.45, 7) is 5.53. The summed E-state index contributed by atoms with van der Waals surface area (Å²) in [5.74, 6) is -0.801. The Morgan fingerprint density at radius 2 is 1.49 bits per heavy atom. The smallest absolute Gasteiger partial charge is 0.264 e. The highest BCUT2D eigenvalue weighted by Crippen LogP contribution is 2.28. The van der Waals surface area contributed by atoms with Gasteiger partial charge in [-0.3, -0.25) is 13.9 Å². The van der Waals surface area contributed by atoms with E-state index in [0.29, 0.717) is 17.8 Å². The third-order valence-electron chi connectivity index (χ3n) is 7.14. The van der Waals surface area contributed by atoms with Gasteiger partial charge in [0, 0.05) is 24.0 Å². The van der Waals surface area contributed by atoms with Crippen molar-refractivity contribution in [2.75, 3.05) is 17.4 Å². The van der Waals surface area contributed by atoms with Crippen molar-refractivity contribution in [1.82, 2.24) is 10.2 Å². The zero-order valence-electron chi connectivity index (χ0n) is 24.5. The Morgan fingerprint density at radius 1 is 0.837 bits per heavy atom. The number of amides is 2. The van der Waals surface area contributed by atoms with E-state index in [2.05, 4.69) is 21.2 Å². The van der Waals surface area contributed by atoms with Gasteiger partial charge in [0.2, 0.25) is 11.8 Å². The van der Waals surface area contributed by atoms with Crippen molar-refractivity contribution >= 4 is 43.5 Å². The Bertz CT molecular complexity index is 1660. The Morgan fingerprint density at radius 3 is 2.14 bits per heavy atom. The largest absolute Gasteiger partial charge is 0.355 e. The SMILES string of the molecule is CCNC(=O)[C@@H](Cc1ccccc1)N(Cc1cccc(Br)c1)C(=O)CN(c1ccccc1C)S(=O)(=O)c1ccc(C)cc1. The highest BCUT2D eigenvalue weighted by molar-refractivity contribution is 9.10. The Labute approximate surface area is 262 Å². The Kier molecular flexibility index (Phi) is 10.8. The van der Waals surface area contributed by atoms with Crippen molar-refractivity contribution in [2.45, 2.75) is 44.7 Å². The zero-order valence-corrected chi connectivity index (χ0v) is 26.9. The number of hydrogen-bond donors (Lipinski definition) is 1. The van der Waals surface area contributed by atoms with Crippen molar-refractivity contribution in [1.29, 1.82) is 0 Å². The van der Waals surface area contributed by atoms with E-state index in [-0.39, 0.29) is 23.8 Å². The number of anilines is 1. The molecule has 0 fully saturated rings. The molecule has 1 atom stereocenters. The molecule has 0 spiro atoms. The summed E-state index contributed by atoms with van der Waals surface area (Å²) in [7, 11) is -4.14. The predicted octanol–water partition coefficient (Wildman–Crippen LogP) is 6.04. The lowest BCUT2D eigenvalue weighted by atomic mass is 10.0. The molecule has 1 N–H and O–H groups in total. The van der Waals surface area contributed by atoms with E-state index >= 15 is 0 Å². The number of nitrogens with one attached hydrogen (secondary N) is 1. The molecule has 43 heavy (non-hydrogen) atoms. The second kappa shape index (κ2) is 14.5. The number of rotatable bonds is 12. The van der Waals surface area contributed by atoms with Crippen LogP contribution in [0.1, 0.15) is 29.2 Å². The fraction of sp³-hybridized carbons (Fsp3) is 0.235. The first-order valence-electron chi connectivity index (χ1n) is 14.1. The summed E-state index contributed by atoms with van der Waals surface area (Å²) in [5, 5.41) is 2.88. The minimum atomic E-state index is -4.14. The summed E-state index contributed by atoms with van der Waals surface area (Å²) in [6.07, 6.45) is 0.265. The standard InChI is InChI=1S/C34H36BrN3O4S/c1-4-36-34(40)32(22-27-12-6-5-7-13-27)37(23-28-14-10-15-29(35)21-28)33(39)24-38(31-16-9-8-11-26(31)3)43(41,42)30-19-17-25(2)18-20-30/h5-21,32H,4,22-24H2,1-3H3,(H,36,40)/t32-/m1/s1. The molecule has 0 heterocycles. The molecule has 7 nitrogen and oxygen atoms in total. The van der Waals surface area contributed by atoms with Crippen LogP contribution in [0, 0.1) is 13.8 Å². The highest BCUT2D eigenvalue weighted by Gasteiger charge is 2.34. The number of hydrogen-bond acceptors (Lipinski definition) is 4. The summed E-state index contributed by atoms with van der Waals surface area (Å²) in [5.41, 5.74) is 3.71. The van der Waals surface area contributed by atoms with Crippen molar-refractivity contribution in [2.24, 2.45) is 0 Å². The van der Waals surface area contributed by atoms with Crippen molar-refractivity contribution in [3.8, 4) is 0 Å². The third kappa shape index (κ3) is 8.12. The number of benzene rings is 4. The molecule has 0 aromatic heterocycles. The van der Waals surface area contributed by atoms with Crippen LogP contribution >= 0.6 is 15.9 Å². The van der Waals surface area contributed by atoms with Crippen LogP contribution in [0.4, 0.5) is 5.69 Å². The first-order valence-corrected chi connectivity index (χ1v) is 16.3. The number of nitrogens with zero attached hydrogens (tertiary/aromatic N) is 2. The van der Waals surface area contributed by atoms with Crippen molar-refractivity contribution in [3.63, 3.8) is 0 Å². The predicted molar refractivity (Wildman–Crippen MR) is 174 cm³/mol. The van der Waals surface area contributed by atoms with Crippen LogP contribution in [-0.2, 0) is 32.6 Å². The van der Waals surface area contributed by atoms with Gasteiger partial charge in [0.1, 0.15) is 12.6 Å². The van der Waals surface area contributed by atoms with Crippen molar-refractivity contribution in [3.05, 3.63) is 130 Å². The van der Waals surface area contributed by atoms with E-state index in [1.54, 1.807) is 36.4 Å². The fourth-order valence-electron chi connectivity index (χ4n) is 4.87. The monoisotopic (exact) mass is 661 g/mol. The van der Waals surface area contributed by atoms with Gasteiger partial charge in [-0.05, 0) is 67.8 Å². The fourth-order valence-corrected chi connectivity index (χ4v) is 6.80. The molecule has 4 aromatic carbocycles. The molecule has 0 saturated heterocycles. The van der Waals surface area contributed by atoms with Crippen LogP contribution in [0.25, 0.3) is 0 Å². The first kappa shape index (κ1) is 32.0. The molecular weight excluding hydrogens is 626 g/mol. The van der Waals surface area contributed by atoms with E-state index in [4.69, 9.17) is 0 Å². The molecule has 2 amide bonds. The van der Waals surface area contributed by atoms with Crippen LogP contribution in [0.15, 0.2) is 112 Å². The molecule has 4 rings (SSSR count). The van der Waals surface area contributed by atoms with Crippen LogP contribution < -0.4 is 9.62 Å². The van der Waals surface area contributed by atoms with Gasteiger partial charge in [0.25, 0.3) is 10.0 Å². The van der Waals surface area contributed by atoms with Gasteiger partial charge in [-0.25, -0.2) is 8.42 Å². The molecule has 0 radical (unpaired) electrons. The number of carbonyl (C=O) groups excluding carboxylic acids is 2. The number of sulfonamides is 1. The number of likely N-dealkylation sites (N-methyl/N-ethyl adjacent to an activating group) is 1. The van der Waals surface area contributed by atoms with Gasteiger partial charge in [-0.2, -0.15) is 0 Å². The van der Waals surface area contributed by atoms with Gasteiger partial charge in [0.15, 0.2) is 0 Å². The number of aryl methyl sites for hydroxylation is 2. The average molecular weight is 663 g/mol. The lowest BCUT2D eigenvalue weighted by Gasteiger charge is -2.34. The lowest BCUT2D eigenvalue weighted by molar-refractivity contribution is -0.140. The normalized spacial score (nSPS) is 11.9. The van der Waals surface area contributed by atoms with E-state index in [9.17, 15) is 18.0 Å². The topological polar surface area (TPSA) is 86.8 Å². The minimum Gasteiger partial charge on any atom is -0.355 e. The second-order valence-electron chi connectivity index (χ2n) is 10.4. The molecule has 224 valence electrons. The first-order chi connectivity index (χ1) is 20.6. The van der Waals surface area contributed by atoms with Crippen LogP contribution in [0.5, 0.6) is 0 Å². The molecule has 0 aliphatic heterocycles. The lowest BCUT2D eigenvalue weighted by Crippen LogP contribution is -2.53. The summed E-state index contributed by atoms with van der Waals surface area (Å²) < 4.78 is 30.2. The molecule has 9 heteroatoms. The maximum absolute atomic E-state index is 14.4. The number of carbonyl (C=O) groups is 2. The molecule has 0 saturated carbocycles. The van der Waals surface area contributed by atoms with Gasteiger partial charge in [-0.15, -0.1) is 0 Å². The van der Waals surface area contributed by atoms with Gasteiger partial charge in [0.05, 0.1) is 10.6 Å². The molecule has 0 bridgehead atoms. The minimum absolute atomic E-state index is 0.0808. The second-order valence-corrected chi connectivity index (χ2v) is 13.1. The van der Waals surface area contributed by atoms with Crippen molar-refractivity contribution < 1.29 is 18.0 Å². The van der Waals surface area contributed by atoms with Crippen LogP contribution in [0.3, 0.4) is 0 Å². The van der Waals surface area contributed by atoms with Gasteiger partial charge in [-0.1, -0.05) is 94.3 Å². The molecule has 0 unspecified atom stereocenters. The molecule has 4 aromatic rings.